The fraction of sp³-hybridized carbons (Fsp3) is 0.308. The van der Waals surface area contributed by atoms with Crippen molar-refractivity contribution < 1.29 is 0 Å². The largest absolute Gasteiger partial charge is 0.309 e. The van der Waals surface area contributed by atoms with Crippen molar-refractivity contribution in [2.45, 2.75) is 20.4 Å². The first-order valence-electron chi connectivity index (χ1n) is 5.16. The molecule has 0 heterocycles. The first-order chi connectivity index (χ1) is 7.63. The molecule has 0 spiro atoms. The molecule has 16 heavy (non-hydrogen) atoms. The number of allylic oxidation sites excluding steroid dienone is 1. The van der Waals surface area contributed by atoms with E-state index in [9.17, 15) is 0 Å². The van der Waals surface area contributed by atoms with E-state index in [0.717, 1.165) is 12.1 Å². The molecule has 0 aliphatic carbocycles. The van der Waals surface area contributed by atoms with Crippen molar-refractivity contribution in [3.8, 4) is 6.07 Å². The molecular weight excluding hydrogens is 220 g/mol. The van der Waals surface area contributed by atoms with Crippen LogP contribution in [-0.2, 0) is 6.54 Å². The molecule has 0 atom stereocenters. The summed E-state index contributed by atoms with van der Waals surface area (Å²) in [5, 5.41) is 12.6. The van der Waals surface area contributed by atoms with Gasteiger partial charge in [0.15, 0.2) is 0 Å². The Bertz CT molecular complexity index is 426. The molecular formula is C13H15ClN2. The van der Waals surface area contributed by atoms with Crippen LogP contribution in [0.2, 0.25) is 5.02 Å². The highest BCUT2D eigenvalue weighted by molar-refractivity contribution is 6.31. The van der Waals surface area contributed by atoms with Crippen molar-refractivity contribution in [1.29, 1.82) is 5.26 Å². The van der Waals surface area contributed by atoms with Crippen LogP contribution >= 0.6 is 11.6 Å². The summed E-state index contributed by atoms with van der Waals surface area (Å²) < 4.78 is 0. The lowest BCUT2D eigenvalue weighted by Crippen LogP contribution is -2.13. The predicted molar refractivity (Wildman–Crippen MR) is 67.3 cm³/mol. The molecule has 1 aromatic carbocycles. The van der Waals surface area contributed by atoms with Gasteiger partial charge < -0.3 is 5.32 Å². The van der Waals surface area contributed by atoms with Gasteiger partial charge in [0.1, 0.15) is 0 Å². The van der Waals surface area contributed by atoms with E-state index in [1.54, 1.807) is 12.1 Å². The topological polar surface area (TPSA) is 35.8 Å². The van der Waals surface area contributed by atoms with Crippen LogP contribution in [0.15, 0.2) is 29.8 Å². The maximum Gasteiger partial charge on any atom is 0.0992 e. The van der Waals surface area contributed by atoms with Gasteiger partial charge in [0.05, 0.1) is 11.6 Å². The van der Waals surface area contributed by atoms with Gasteiger partial charge in [-0.25, -0.2) is 0 Å². The molecule has 0 aliphatic rings. The summed E-state index contributed by atoms with van der Waals surface area (Å²) in [6.45, 7) is 5.68. The van der Waals surface area contributed by atoms with Gasteiger partial charge in [-0.1, -0.05) is 29.3 Å². The molecule has 0 aliphatic heterocycles. The van der Waals surface area contributed by atoms with Crippen molar-refractivity contribution in [1.82, 2.24) is 5.32 Å². The van der Waals surface area contributed by atoms with Crippen LogP contribution in [0, 0.1) is 11.3 Å². The second-order valence-electron chi connectivity index (χ2n) is 3.83. The fourth-order valence-electron chi connectivity index (χ4n) is 1.24. The smallest absolute Gasteiger partial charge is 0.0992 e. The van der Waals surface area contributed by atoms with E-state index in [2.05, 4.69) is 31.3 Å². The predicted octanol–water partition coefficient (Wildman–Crippen LogP) is 3.27. The van der Waals surface area contributed by atoms with E-state index in [0.29, 0.717) is 17.1 Å². The van der Waals surface area contributed by atoms with Gasteiger partial charge in [-0.05, 0) is 31.5 Å². The molecule has 3 heteroatoms. The highest BCUT2D eigenvalue weighted by atomic mass is 35.5. The average molecular weight is 235 g/mol. The normalized spacial score (nSPS) is 9.62. The van der Waals surface area contributed by atoms with Crippen LogP contribution in [0.4, 0.5) is 0 Å². The molecule has 0 bridgehead atoms. The molecule has 0 fully saturated rings. The molecule has 2 nitrogen and oxygen atoms in total. The number of nitrogens with one attached hydrogen (secondary N) is 1. The van der Waals surface area contributed by atoms with Crippen molar-refractivity contribution in [3.63, 3.8) is 0 Å². The van der Waals surface area contributed by atoms with Gasteiger partial charge in [-0.15, -0.1) is 0 Å². The van der Waals surface area contributed by atoms with E-state index >= 15 is 0 Å². The highest BCUT2D eigenvalue weighted by Crippen LogP contribution is 2.17. The second-order valence-corrected chi connectivity index (χ2v) is 4.24. The SMILES string of the molecule is CC(C)=CCNCc1ccc(C#N)cc1Cl. The van der Waals surface area contributed by atoms with Crippen molar-refractivity contribution in [3.05, 3.63) is 46.0 Å². The van der Waals surface area contributed by atoms with Crippen LogP contribution in [0.5, 0.6) is 0 Å². The summed E-state index contributed by atoms with van der Waals surface area (Å²) in [7, 11) is 0. The molecule has 0 saturated carbocycles. The Hall–Kier alpha value is -1.30. The number of benzene rings is 1. The Morgan fingerprint density at radius 3 is 2.81 bits per heavy atom. The third kappa shape index (κ3) is 4.06. The van der Waals surface area contributed by atoms with E-state index in [-0.39, 0.29) is 0 Å². The standard InChI is InChI=1S/C13H15ClN2/c1-10(2)5-6-16-9-12-4-3-11(8-15)7-13(12)14/h3-5,7,16H,6,9H2,1-2H3. The number of halogens is 1. The first kappa shape index (κ1) is 12.8. The Morgan fingerprint density at radius 2 is 2.25 bits per heavy atom. The van der Waals surface area contributed by atoms with Crippen LogP contribution in [0.1, 0.15) is 25.0 Å². The number of nitrogens with zero attached hydrogens (tertiary/aromatic N) is 1. The van der Waals surface area contributed by atoms with Gasteiger partial charge in [0, 0.05) is 18.1 Å². The molecule has 84 valence electrons. The first-order valence-corrected chi connectivity index (χ1v) is 5.54. The molecule has 1 N–H and O–H groups in total. The average Bonchev–Trinajstić information content (AvgIpc) is 2.25. The Morgan fingerprint density at radius 1 is 1.50 bits per heavy atom. The highest BCUT2D eigenvalue weighted by Gasteiger charge is 2.00. The molecule has 1 rings (SSSR count). The van der Waals surface area contributed by atoms with Gasteiger partial charge in [0.25, 0.3) is 0 Å². The Kier molecular flexibility index (Phi) is 5.04. The Balaban J connectivity index is 2.55. The van der Waals surface area contributed by atoms with E-state index in [4.69, 9.17) is 16.9 Å². The second kappa shape index (κ2) is 6.32. The van der Waals surface area contributed by atoms with Crippen molar-refractivity contribution in [2.24, 2.45) is 0 Å². The van der Waals surface area contributed by atoms with Crippen LogP contribution in [-0.4, -0.2) is 6.54 Å². The van der Waals surface area contributed by atoms with E-state index in [1.165, 1.54) is 5.57 Å². The summed E-state index contributed by atoms with van der Waals surface area (Å²) in [4.78, 5) is 0. The number of rotatable bonds is 4. The van der Waals surface area contributed by atoms with Gasteiger partial charge >= 0.3 is 0 Å². The lowest BCUT2D eigenvalue weighted by Gasteiger charge is -2.05. The Labute approximate surface area is 102 Å². The lowest BCUT2D eigenvalue weighted by molar-refractivity contribution is 0.757. The fourth-order valence-corrected chi connectivity index (χ4v) is 1.49. The minimum Gasteiger partial charge on any atom is -0.309 e. The number of hydrogen-bond donors (Lipinski definition) is 1. The third-order valence-electron chi connectivity index (χ3n) is 2.15. The summed E-state index contributed by atoms with van der Waals surface area (Å²) in [6, 6.07) is 7.42. The summed E-state index contributed by atoms with van der Waals surface area (Å²) in [6.07, 6.45) is 2.12. The third-order valence-corrected chi connectivity index (χ3v) is 2.50. The maximum absolute atomic E-state index is 8.70. The number of hydrogen-bond acceptors (Lipinski definition) is 2. The van der Waals surface area contributed by atoms with Gasteiger partial charge in [0.2, 0.25) is 0 Å². The molecule has 0 radical (unpaired) electrons. The zero-order valence-corrected chi connectivity index (χ0v) is 10.3. The summed E-state index contributed by atoms with van der Waals surface area (Å²) >= 11 is 6.04. The van der Waals surface area contributed by atoms with Gasteiger partial charge in [-0.2, -0.15) is 5.26 Å². The lowest BCUT2D eigenvalue weighted by atomic mass is 10.1. The van der Waals surface area contributed by atoms with Crippen LogP contribution in [0.3, 0.4) is 0 Å². The summed E-state index contributed by atoms with van der Waals surface area (Å²) in [5.41, 5.74) is 2.90. The van der Waals surface area contributed by atoms with Gasteiger partial charge in [-0.3, -0.25) is 0 Å². The minimum absolute atomic E-state index is 0.595. The molecule has 0 saturated heterocycles. The molecule has 1 aromatic rings. The minimum atomic E-state index is 0.595. The van der Waals surface area contributed by atoms with Crippen LogP contribution < -0.4 is 5.32 Å². The maximum atomic E-state index is 8.70. The molecule has 0 aromatic heterocycles. The zero-order valence-electron chi connectivity index (χ0n) is 9.55. The van der Waals surface area contributed by atoms with E-state index in [1.807, 2.05) is 6.07 Å². The summed E-state index contributed by atoms with van der Waals surface area (Å²) in [5.74, 6) is 0. The van der Waals surface area contributed by atoms with E-state index < -0.39 is 0 Å². The monoisotopic (exact) mass is 234 g/mol. The molecule has 0 amide bonds. The van der Waals surface area contributed by atoms with Crippen molar-refractivity contribution in [2.75, 3.05) is 6.54 Å². The van der Waals surface area contributed by atoms with Crippen molar-refractivity contribution >= 4 is 11.6 Å². The zero-order chi connectivity index (χ0) is 12.0. The number of nitriles is 1. The quantitative estimate of drug-likeness (QED) is 0.641. The molecule has 0 unspecified atom stereocenters. The van der Waals surface area contributed by atoms with Crippen LogP contribution in [0.25, 0.3) is 0 Å².